The predicted octanol–water partition coefficient (Wildman–Crippen LogP) is 3.00. The standard InChI is InChI=1S/C14H10F2N4/c15-10-2-1-9(7-11(10)16)13-12(14(17)20-19-13)8-3-5-18-6-4-8/h1-7H,(H3,17,19,20). The van der Waals surface area contributed by atoms with Crippen LogP contribution in [0.3, 0.4) is 0 Å². The lowest BCUT2D eigenvalue weighted by atomic mass is 10.0. The molecule has 1 aromatic carbocycles. The van der Waals surface area contributed by atoms with Gasteiger partial charge in [-0.25, -0.2) is 8.78 Å². The molecule has 0 fully saturated rings. The van der Waals surface area contributed by atoms with Gasteiger partial charge in [-0.15, -0.1) is 0 Å². The zero-order valence-electron chi connectivity index (χ0n) is 10.3. The van der Waals surface area contributed by atoms with Gasteiger partial charge in [-0.2, -0.15) is 5.10 Å². The molecule has 0 radical (unpaired) electrons. The molecule has 6 heteroatoms. The molecular formula is C14H10F2N4. The first kappa shape index (κ1) is 12.3. The molecule has 0 amide bonds. The Morgan fingerprint density at radius 3 is 2.40 bits per heavy atom. The van der Waals surface area contributed by atoms with Gasteiger partial charge in [0.05, 0.1) is 11.3 Å². The summed E-state index contributed by atoms with van der Waals surface area (Å²) in [6.07, 6.45) is 3.24. The number of halogens is 2. The number of nitrogens with zero attached hydrogens (tertiary/aromatic N) is 2. The maximum absolute atomic E-state index is 13.4. The first-order chi connectivity index (χ1) is 9.66. The maximum Gasteiger partial charge on any atom is 0.159 e. The number of rotatable bonds is 2. The van der Waals surface area contributed by atoms with Crippen LogP contribution >= 0.6 is 0 Å². The fourth-order valence-electron chi connectivity index (χ4n) is 2.03. The van der Waals surface area contributed by atoms with Crippen molar-refractivity contribution in [3.8, 4) is 22.4 Å². The zero-order chi connectivity index (χ0) is 14.1. The number of H-pyrrole nitrogens is 1. The molecule has 4 nitrogen and oxygen atoms in total. The SMILES string of the molecule is Nc1n[nH]c(-c2ccc(F)c(F)c2)c1-c1ccncc1. The molecule has 3 N–H and O–H groups in total. The monoisotopic (exact) mass is 272 g/mol. The van der Waals surface area contributed by atoms with Crippen molar-refractivity contribution in [3.63, 3.8) is 0 Å². The number of anilines is 1. The molecule has 0 bridgehead atoms. The van der Waals surface area contributed by atoms with Crippen molar-refractivity contribution < 1.29 is 8.78 Å². The predicted molar refractivity (Wildman–Crippen MR) is 71.6 cm³/mol. The van der Waals surface area contributed by atoms with E-state index in [4.69, 9.17) is 5.73 Å². The molecule has 0 aliphatic heterocycles. The van der Waals surface area contributed by atoms with Crippen LogP contribution in [0.1, 0.15) is 0 Å². The van der Waals surface area contributed by atoms with Crippen LogP contribution in [0.15, 0.2) is 42.7 Å². The molecule has 0 unspecified atom stereocenters. The molecule has 0 saturated heterocycles. The summed E-state index contributed by atoms with van der Waals surface area (Å²) >= 11 is 0. The van der Waals surface area contributed by atoms with Crippen molar-refractivity contribution in [2.45, 2.75) is 0 Å². The van der Waals surface area contributed by atoms with E-state index in [0.717, 1.165) is 17.7 Å². The molecule has 100 valence electrons. The Labute approximate surface area is 113 Å². The van der Waals surface area contributed by atoms with Crippen LogP contribution in [0.4, 0.5) is 14.6 Å². The fraction of sp³-hybridized carbons (Fsp3) is 0. The Kier molecular flexibility index (Phi) is 2.90. The lowest BCUT2D eigenvalue weighted by molar-refractivity contribution is 0.509. The largest absolute Gasteiger partial charge is 0.382 e. The first-order valence-electron chi connectivity index (χ1n) is 5.86. The van der Waals surface area contributed by atoms with E-state index in [1.54, 1.807) is 24.5 Å². The quantitative estimate of drug-likeness (QED) is 0.753. The van der Waals surface area contributed by atoms with Crippen molar-refractivity contribution >= 4 is 5.82 Å². The Morgan fingerprint density at radius 1 is 0.950 bits per heavy atom. The second-order valence-electron chi connectivity index (χ2n) is 4.22. The number of aromatic nitrogens is 3. The van der Waals surface area contributed by atoms with Crippen LogP contribution in [0, 0.1) is 11.6 Å². The maximum atomic E-state index is 13.4. The summed E-state index contributed by atoms with van der Waals surface area (Å²) in [5.41, 5.74) is 8.29. The number of hydrogen-bond acceptors (Lipinski definition) is 3. The van der Waals surface area contributed by atoms with Gasteiger partial charge in [-0.05, 0) is 35.9 Å². The smallest absolute Gasteiger partial charge is 0.159 e. The lowest BCUT2D eigenvalue weighted by Gasteiger charge is -2.05. The fourth-order valence-corrected chi connectivity index (χ4v) is 2.03. The van der Waals surface area contributed by atoms with E-state index >= 15 is 0 Å². The highest BCUT2D eigenvalue weighted by atomic mass is 19.2. The van der Waals surface area contributed by atoms with Crippen molar-refractivity contribution in [2.24, 2.45) is 0 Å². The number of nitrogens with two attached hydrogens (primary N) is 1. The van der Waals surface area contributed by atoms with Gasteiger partial charge in [-0.1, -0.05) is 0 Å². The molecule has 3 rings (SSSR count). The Bertz CT molecular complexity index is 753. The van der Waals surface area contributed by atoms with Gasteiger partial charge in [0.25, 0.3) is 0 Å². The van der Waals surface area contributed by atoms with Crippen LogP contribution in [0.2, 0.25) is 0 Å². The summed E-state index contributed by atoms with van der Waals surface area (Å²) in [7, 11) is 0. The van der Waals surface area contributed by atoms with Gasteiger partial charge >= 0.3 is 0 Å². The molecule has 0 aliphatic rings. The third kappa shape index (κ3) is 2.01. The summed E-state index contributed by atoms with van der Waals surface area (Å²) in [5, 5.41) is 6.69. The van der Waals surface area contributed by atoms with Crippen LogP contribution in [-0.4, -0.2) is 15.2 Å². The average Bonchev–Trinajstić information content (AvgIpc) is 2.85. The van der Waals surface area contributed by atoms with Gasteiger partial charge in [0.1, 0.15) is 0 Å². The minimum Gasteiger partial charge on any atom is -0.382 e. The Hall–Kier alpha value is -2.76. The van der Waals surface area contributed by atoms with Gasteiger partial charge in [0.15, 0.2) is 17.5 Å². The molecule has 0 atom stereocenters. The summed E-state index contributed by atoms with van der Waals surface area (Å²) in [6, 6.07) is 7.18. The molecule has 3 aromatic rings. The molecule has 2 heterocycles. The highest BCUT2D eigenvalue weighted by Gasteiger charge is 2.15. The van der Waals surface area contributed by atoms with Crippen LogP contribution in [0.5, 0.6) is 0 Å². The second-order valence-corrected chi connectivity index (χ2v) is 4.22. The summed E-state index contributed by atoms with van der Waals surface area (Å²) in [4.78, 5) is 3.93. The Morgan fingerprint density at radius 2 is 1.70 bits per heavy atom. The number of pyridine rings is 1. The molecule has 0 saturated carbocycles. The van der Waals surface area contributed by atoms with Crippen molar-refractivity contribution in [1.82, 2.24) is 15.2 Å². The van der Waals surface area contributed by atoms with Crippen LogP contribution in [0.25, 0.3) is 22.4 Å². The van der Waals surface area contributed by atoms with E-state index in [1.165, 1.54) is 6.07 Å². The van der Waals surface area contributed by atoms with E-state index in [-0.39, 0.29) is 5.82 Å². The number of nitrogen functional groups attached to an aromatic ring is 1. The topological polar surface area (TPSA) is 67.6 Å². The second kappa shape index (κ2) is 4.73. The van der Waals surface area contributed by atoms with Gasteiger partial charge in [-0.3, -0.25) is 10.1 Å². The van der Waals surface area contributed by atoms with Crippen molar-refractivity contribution in [1.29, 1.82) is 0 Å². The molecule has 2 aromatic heterocycles. The number of aromatic amines is 1. The third-order valence-corrected chi connectivity index (χ3v) is 2.97. The number of benzene rings is 1. The highest BCUT2D eigenvalue weighted by Crippen LogP contribution is 2.34. The lowest BCUT2D eigenvalue weighted by Crippen LogP contribution is -1.90. The molecular weight excluding hydrogens is 262 g/mol. The van der Waals surface area contributed by atoms with Crippen molar-refractivity contribution in [3.05, 3.63) is 54.4 Å². The highest BCUT2D eigenvalue weighted by molar-refractivity contribution is 5.87. The molecule has 0 aliphatic carbocycles. The van der Waals surface area contributed by atoms with E-state index < -0.39 is 11.6 Å². The minimum absolute atomic E-state index is 0.288. The number of hydrogen-bond donors (Lipinski definition) is 2. The molecule has 20 heavy (non-hydrogen) atoms. The summed E-state index contributed by atoms with van der Waals surface area (Å²) < 4.78 is 26.4. The third-order valence-electron chi connectivity index (χ3n) is 2.97. The molecule has 0 spiro atoms. The van der Waals surface area contributed by atoms with Crippen LogP contribution < -0.4 is 5.73 Å². The van der Waals surface area contributed by atoms with Crippen molar-refractivity contribution in [2.75, 3.05) is 5.73 Å². The van der Waals surface area contributed by atoms with E-state index in [1.807, 2.05) is 0 Å². The van der Waals surface area contributed by atoms with Gasteiger partial charge in [0.2, 0.25) is 0 Å². The normalized spacial score (nSPS) is 10.7. The zero-order valence-corrected chi connectivity index (χ0v) is 10.3. The van der Waals surface area contributed by atoms with Gasteiger partial charge in [0, 0.05) is 18.0 Å². The first-order valence-corrected chi connectivity index (χ1v) is 5.86. The number of nitrogens with one attached hydrogen (secondary N) is 1. The van der Waals surface area contributed by atoms with Gasteiger partial charge < -0.3 is 5.73 Å². The summed E-state index contributed by atoms with van der Waals surface area (Å²) in [6.45, 7) is 0. The minimum atomic E-state index is -0.920. The average molecular weight is 272 g/mol. The van der Waals surface area contributed by atoms with E-state index in [0.29, 0.717) is 16.8 Å². The van der Waals surface area contributed by atoms with E-state index in [9.17, 15) is 8.78 Å². The van der Waals surface area contributed by atoms with Crippen LogP contribution in [-0.2, 0) is 0 Å². The van der Waals surface area contributed by atoms with E-state index in [2.05, 4.69) is 15.2 Å². The Balaban J connectivity index is 2.18. The summed E-state index contributed by atoms with van der Waals surface area (Å²) in [5.74, 6) is -1.53.